The fourth-order valence-electron chi connectivity index (χ4n) is 2.84. The predicted octanol–water partition coefficient (Wildman–Crippen LogP) is 1.65. The van der Waals surface area contributed by atoms with E-state index in [-0.39, 0.29) is 0 Å². The fourth-order valence-corrected chi connectivity index (χ4v) is 3.03. The lowest BCUT2D eigenvalue weighted by Crippen LogP contribution is -2.45. The van der Waals surface area contributed by atoms with E-state index in [1.807, 2.05) is 47.1 Å². The van der Waals surface area contributed by atoms with Crippen molar-refractivity contribution in [2.24, 2.45) is 11.5 Å². The topological polar surface area (TPSA) is 85.5 Å². The molecule has 0 spiro atoms. The highest BCUT2D eigenvalue weighted by Gasteiger charge is 2.17. The zero-order valence-electron chi connectivity index (χ0n) is 13.3. The molecule has 0 saturated carbocycles. The van der Waals surface area contributed by atoms with Crippen LogP contribution >= 0.6 is 12.6 Å². The first-order chi connectivity index (χ1) is 11.5. The lowest BCUT2D eigenvalue weighted by molar-refractivity contribution is 0.609. The van der Waals surface area contributed by atoms with Gasteiger partial charge in [-0.05, 0) is 18.1 Å². The third-order valence-corrected chi connectivity index (χ3v) is 4.39. The first-order valence-corrected chi connectivity index (χ1v) is 8.43. The second-order valence-electron chi connectivity index (χ2n) is 6.32. The van der Waals surface area contributed by atoms with Crippen molar-refractivity contribution in [2.75, 3.05) is 18.0 Å². The van der Waals surface area contributed by atoms with Gasteiger partial charge >= 0.3 is 0 Å². The average Bonchev–Trinajstić information content (AvgIpc) is 2.87. The Hall–Kier alpha value is -2.09. The summed E-state index contributed by atoms with van der Waals surface area (Å²) in [5, 5.41) is 0. The van der Waals surface area contributed by atoms with Gasteiger partial charge in [0, 0.05) is 37.5 Å². The van der Waals surface area contributed by atoms with Gasteiger partial charge in [-0.25, -0.2) is 4.98 Å². The van der Waals surface area contributed by atoms with Crippen molar-refractivity contribution in [3.05, 3.63) is 48.3 Å². The fraction of sp³-hybridized carbons (Fsp3) is 0.294. The third-order valence-electron chi connectivity index (χ3n) is 4.23. The molecule has 3 heterocycles. The van der Waals surface area contributed by atoms with Crippen molar-refractivity contribution in [3.8, 4) is 11.3 Å². The highest BCUT2D eigenvalue weighted by molar-refractivity contribution is 7.81. The molecule has 0 unspecified atom stereocenters. The van der Waals surface area contributed by atoms with E-state index in [1.54, 1.807) is 0 Å². The number of fused-ring (bicyclic) bond motifs is 1. The van der Waals surface area contributed by atoms with Gasteiger partial charge in [-0.1, -0.05) is 24.3 Å². The van der Waals surface area contributed by atoms with Crippen molar-refractivity contribution < 1.29 is 0 Å². The van der Waals surface area contributed by atoms with E-state index in [9.17, 15) is 0 Å². The van der Waals surface area contributed by atoms with Crippen LogP contribution in [0.2, 0.25) is 0 Å². The van der Waals surface area contributed by atoms with Gasteiger partial charge in [0.1, 0.15) is 10.8 Å². The van der Waals surface area contributed by atoms with E-state index >= 15 is 0 Å². The molecule has 124 valence electrons. The molecule has 7 heteroatoms. The minimum Gasteiger partial charge on any atom is -0.356 e. The molecule has 1 fully saturated rings. The number of aromatic nitrogens is 3. The Kier molecular flexibility index (Phi) is 3.71. The lowest BCUT2D eigenvalue weighted by atomic mass is 10.1. The summed E-state index contributed by atoms with van der Waals surface area (Å²) >= 11 is 4.16. The van der Waals surface area contributed by atoms with E-state index in [0.29, 0.717) is 6.42 Å². The summed E-state index contributed by atoms with van der Waals surface area (Å²) in [6.07, 6.45) is 5.74. The summed E-state index contributed by atoms with van der Waals surface area (Å²) in [5.41, 5.74) is 14.4. The van der Waals surface area contributed by atoms with Crippen LogP contribution in [-0.2, 0) is 6.42 Å². The minimum atomic E-state index is -0.998. The number of benzene rings is 1. The summed E-state index contributed by atoms with van der Waals surface area (Å²) in [4.78, 5) is 10.6. The molecule has 4 N–H and O–H groups in total. The van der Waals surface area contributed by atoms with Gasteiger partial charge in [-0.3, -0.25) is 4.40 Å². The van der Waals surface area contributed by atoms with Gasteiger partial charge in [-0.2, -0.15) is 4.98 Å². The molecule has 6 nitrogen and oxygen atoms in total. The molecule has 1 aliphatic rings. The number of nitrogens with zero attached hydrogens (tertiary/aromatic N) is 4. The largest absolute Gasteiger partial charge is 0.356 e. The lowest BCUT2D eigenvalue weighted by Gasteiger charge is -2.31. The summed E-state index contributed by atoms with van der Waals surface area (Å²) in [5.74, 6) is 1.72. The van der Waals surface area contributed by atoms with E-state index in [1.165, 1.54) is 6.42 Å². The average molecular weight is 340 g/mol. The van der Waals surface area contributed by atoms with Gasteiger partial charge in [-0.15, -0.1) is 12.6 Å². The van der Waals surface area contributed by atoms with Crippen LogP contribution in [0.3, 0.4) is 0 Å². The summed E-state index contributed by atoms with van der Waals surface area (Å²) in [6.45, 7) is 2.15. The first kappa shape index (κ1) is 15.4. The zero-order valence-corrected chi connectivity index (χ0v) is 14.2. The standard InChI is InChI=1S/C17H20N6S/c18-17(19,24)10-12-2-4-13(5-3-12)14-11-23-9-6-15(21-16(23)20-14)22-7-1-8-22/h2-6,9,11,24H,1,7-8,10,18-19H2. The molecule has 4 rings (SSSR count). The smallest absolute Gasteiger partial charge is 0.236 e. The number of anilines is 1. The quantitative estimate of drug-likeness (QED) is 0.497. The molecule has 1 aromatic carbocycles. The van der Waals surface area contributed by atoms with Crippen LogP contribution in [0.15, 0.2) is 42.7 Å². The second kappa shape index (κ2) is 5.77. The monoisotopic (exact) mass is 340 g/mol. The van der Waals surface area contributed by atoms with E-state index in [0.717, 1.165) is 41.5 Å². The number of nitrogens with two attached hydrogens (primary N) is 2. The number of imidazole rings is 1. The highest BCUT2D eigenvalue weighted by atomic mass is 32.1. The van der Waals surface area contributed by atoms with E-state index in [2.05, 4.69) is 27.5 Å². The van der Waals surface area contributed by atoms with E-state index < -0.39 is 4.99 Å². The number of thiol groups is 1. The van der Waals surface area contributed by atoms with Crippen LogP contribution in [0.1, 0.15) is 12.0 Å². The molecule has 1 saturated heterocycles. The van der Waals surface area contributed by atoms with E-state index in [4.69, 9.17) is 11.5 Å². The Morgan fingerprint density at radius 1 is 1.08 bits per heavy atom. The maximum atomic E-state index is 5.74. The Bertz CT molecular complexity index is 861. The van der Waals surface area contributed by atoms with Crippen LogP contribution in [0.25, 0.3) is 17.0 Å². The minimum absolute atomic E-state index is 0.502. The van der Waals surface area contributed by atoms with Crippen LogP contribution in [0, 0.1) is 0 Å². The Balaban J connectivity index is 1.61. The number of rotatable bonds is 4. The summed E-state index contributed by atoms with van der Waals surface area (Å²) in [6, 6.07) is 10.1. The van der Waals surface area contributed by atoms with Crippen LogP contribution < -0.4 is 16.4 Å². The molecule has 0 amide bonds. The van der Waals surface area contributed by atoms with Crippen molar-refractivity contribution in [1.82, 2.24) is 14.4 Å². The Labute approximate surface area is 145 Å². The molecule has 3 aromatic rings. The van der Waals surface area contributed by atoms with Crippen LogP contribution in [0.5, 0.6) is 0 Å². The molecular weight excluding hydrogens is 320 g/mol. The first-order valence-electron chi connectivity index (χ1n) is 7.98. The van der Waals surface area contributed by atoms with Gasteiger partial charge < -0.3 is 16.4 Å². The maximum absolute atomic E-state index is 5.74. The molecule has 0 radical (unpaired) electrons. The molecule has 24 heavy (non-hydrogen) atoms. The maximum Gasteiger partial charge on any atom is 0.236 e. The molecule has 2 aromatic heterocycles. The van der Waals surface area contributed by atoms with Gasteiger partial charge in [0.15, 0.2) is 0 Å². The molecular formula is C17H20N6S. The molecule has 0 atom stereocenters. The summed E-state index contributed by atoms with van der Waals surface area (Å²) in [7, 11) is 0. The second-order valence-corrected chi connectivity index (χ2v) is 7.16. The predicted molar refractivity (Wildman–Crippen MR) is 99.0 cm³/mol. The summed E-state index contributed by atoms with van der Waals surface area (Å²) < 4.78 is 1.95. The van der Waals surface area contributed by atoms with Gasteiger partial charge in [0.2, 0.25) is 5.78 Å². The SMILES string of the molecule is NC(N)(S)Cc1ccc(-c2cn3ccc(N4CCC4)nc3n2)cc1. The highest BCUT2D eigenvalue weighted by Crippen LogP contribution is 2.23. The Morgan fingerprint density at radius 2 is 1.83 bits per heavy atom. The zero-order chi connectivity index (χ0) is 16.7. The van der Waals surface area contributed by atoms with Gasteiger partial charge in [0.05, 0.1) is 5.69 Å². The number of hydrogen-bond donors (Lipinski definition) is 3. The van der Waals surface area contributed by atoms with Crippen LogP contribution in [-0.4, -0.2) is 32.5 Å². The molecule has 1 aliphatic heterocycles. The van der Waals surface area contributed by atoms with Crippen molar-refractivity contribution in [2.45, 2.75) is 17.8 Å². The van der Waals surface area contributed by atoms with Crippen molar-refractivity contribution >= 4 is 24.2 Å². The van der Waals surface area contributed by atoms with Gasteiger partial charge in [0.25, 0.3) is 0 Å². The van der Waals surface area contributed by atoms with Crippen molar-refractivity contribution in [3.63, 3.8) is 0 Å². The third kappa shape index (κ3) is 3.10. The van der Waals surface area contributed by atoms with Crippen molar-refractivity contribution in [1.29, 1.82) is 0 Å². The Morgan fingerprint density at radius 3 is 2.46 bits per heavy atom. The van der Waals surface area contributed by atoms with Crippen LogP contribution in [0.4, 0.5) is 5.82 Å². The normalized spacial score (nSPS) is 14.9. The number of hydrogen-bond acceptors (Lipinski definition) is 6. The molecule has 0 aliphatic carbocycles. The molecule has 0 bridgehead atoms.